The monoisotopic (exact) mass is 233 g/mol. The molecule has 0 spiro atoms. The summed E-state index contributed by atoms with van der Waals surface area (Å²) in [5.41, 5.74) is 3.81. The maximum atomic E-state index is 9.94. The van der Waals surface area contributed by atoms with Gasteiger partial charge in [-0.15, -0.1) is 0 Å². The minimum atomic E-state index is -0.323. The van der Waals surface area contributed by atoms with E-state index >= 15 is 0 Å². The highest BCUT2D eigenvalue weighted by atomic mass is 16.3. The van der Waals surface area contributed by atoms with Crippen molar-refractivity contribution in [2.75, 3.05) is 11.4 Å². The summed E-state index contributed by atoms with van der Waals surface area (Å²) in [4.78, 5) is 2.45. The Morgan fingerprint density at radius 2 is 2.12 bits per heavy atom. The lowest BCUT2D eigenvalue weighted by Gasteiger charge is -2.35. The molecule has 1 atom stereocenters. The lowest BCUT2D eigenvalue weighted by atomic mass is 9.96. The largest absolute Gasteiger partial charge is 0.388 e. The Balaban J connectivity index is 2.37. The van der Waals surface area contributed by atoms with E-state index in [1.165, 1.54) is 24.1 Å². The number of aryl methyl sites for hydroxylation is 1. The van der Waals surface area contributed by atoms with Crippen molar-refractivity contribution in [2.24, 2.45) is 0 Å². The zero-order valence-corrected chi connectivity index (χ0v) is 11.1. The standard InChI is InChI=1S/C15H23NO/c1-4-15(17)13-8-7-12-6-5-9-16(11(2)3)14(12)10-13/h7-8,10-11,15,17H,4-6,9H2,1-3H3. The Labute approximate surface area is 104 Å². The molecule has 94 valence electrons. The predicted molar refractivity (Wildman–Crippen MR) is 72.5 cm³/mol. The molecule has 0 saturated carbocycles. The maximum Gasteiger partial charge on any atom is 0.0788 e. The van der Waals surface area contributed by atoms with Crippen LogP contribution in [0.3, 0.4) is 0 Å². The van der Waals surface area contributed by atoms with Gasteiger partial charge in [0, 0.05) is 18.3 Å². The van der Waals surface area contributed by atoms with E-state index in [2.05, 4.69) is 36.9 Å². The molecule has 2 heteroatoms. The molecular weight excluding hydrogens is 210 g/mol. The first-order valence-electron chi connectivity index (χ1n) is 6.71. The molecule has 1 heterocycles. The predicted octanol–water partition coefficient (Wildman–Crippen LogP) is 3.29. The zero-order chi connectivity index (χ0) is 12.4. The van der Waals surface area contributed by atoms with Crippen LogP contribution in [0, 0.1) is 0 Å². The minimum absolute atomic E-state index is 0.323. The van der Waals surface area contributed by atoms with Gasteiger partial charge in [-0.25, -0.2) is 0 Å². The summed E-state index contributed by atoms with van der Waals surface area (Å²) in [6.07, 6.45) is 2.86. The van der Waals surface area contributed by atoms with Gasteiger partial charge in [-0.2, -0.15) is 0 Å². The third kappa shape index (κ3) is 2.47. The van der Waals surface area contributed by atoms with E-state index in [1.807, 2.05) is 6.92 Å². The third-order valence-electron chi connectivity index (χ3n) is 3.66. The topological polar surface area (TPSA) is 23.5 Å². The average Bonchev–Trinajstić information content (AvgIpc) is 2.36. The first kappa shape index (κ1) is 12.4. The van der Waals surface area contributed by atoms with Crippen LogP contribution in [0.5, 0.6) is 0 Å². The van der Waals surface area contributed by atoms with Crippen molar-refractivity contribution in [3.05, 3.63) is 29.3 Å². The minimum Gasteiger partial charge on any atom is -0.388 e. The molecule has 0 aromatic heterocycles. The van der Waals surface area contributed by atoms with Gasteiger partial charge in [0.2, 0.25) is 0 Å². The van der Waals surface area contributed by atoms with E-state index in [-0.39, 0.29) is 6.10 Å². The van der Waals surface area contributed by atoms with Gasteiger partial charge in [-0.1, -0.05) is 19.1 Å². The van der Waals surface area contributed by atoms with Crippen LogP contribution < -0.4 is 4.90 Å². The van der Waals surface area contributed by atoms with Crippen molar-refractivity contribution in [3.63, 3.8) is 0 Å². The molecule has 0 aliphatic carbocycles. The second-order valence-electron chi connectivity index (χ2n) is 5.20. The summed E-state index contributed by atoms with van der Waals surface area (Å²) in [5.74, 6) is 0. The fraction of sp³-hybridized carbons (Fsp3) is 0.600. The normalized spacial score (nSPS) is 17.1. The van der Waals surface area contributed by atoms with Crippen LogP contribution in [-0.4, -0.2) is 17.7 Å². The smallest absolute Gasteiger partial charge is 0.0788 e. The van der Waals surface area contributed by atoms with Crippen LogP contribution in [0.1, 0.15) is 50.8 Å². The Bertz CT molecular complexity index is 387. The van der Waals surface area contributed by atoms with Crippen molar-refractivity contribution >= 4 is 5.69 Å². The first-order chi connectivity index (χ1) is 8.13. The average molecular weight is 233 g/mol. The van der Waals surface area contributed by atoms with Gasteiger partial charge in [0.15, 0.2) is 0 Å². The van der Waals surface area contributed by atoms with Crippen molar-refractivity contribution in [1.29, 1.82) is 0 Å². The number of hydrogen-bond donors (Lipinski definition) is 1. The van der Waals surface area contributed by atoms with E-state index in [0.717, 1.165) is 18.5 Å². The van der Waals surface area contributed by atoms with Gasteiger partial charge in [-0.05, 0) is 50.3 Å². The molecule has 1 aliphatic rings. The quantitative estimate of drug-likeness (QED) is 0.866. The van der Waals surface area contributed by atoms with Gasteiger partial charge in [-0.3, -0.25) is 0 Å². The molecular formula is C15H23NO. The number of aliphatic hydroxyl groups is 1. The summed E-state index contributed by atoms with van der Waals surface area (Å²) >= 11 is 0. The fourth-order valence-corrected chi connectivity index (χ4v) is 2.60. The molecule has 1 aromatic carbocycles. The van der Waals surface area contributed by atoms with Crippen LogP contribution in [0.2, 0.25) is 0 Å². The highest BCUT2D eigenvalue weighted by molar-refractivity contribution is 5.58. The Kier molecular flexibility index (Phi) is 3.72. The number of anilines is 1. The summed E-state index contributed by atoms with van der Waals surface area (Å²) in [7, 11) is 0. The maximum absolute atomic E-state index is 9.94. The molecule has 0 radical (unpaired) electrons. The van der Waals surface area contributed by atoms with Crippen LogP contribution in [-0.2, 0) is 6.42 Å². The number of hydrogen-bond acceptors (Lipinski definition) is 2. The number of rotatable bonds is 3. The van der Waals surface area contributed by atoms with Crippen molar-refractivity contribution in [1.82, 2.24) is 0 Å². The second-order valence-corrected chi connectivity index (χ2v) is 5.20. The van der Waals surface area contributed by atoms with Gasteiger partial charge in [0.25, 0.3) is 0 Å². The van der Waals surface area contributed by atoms with Crippen LogP contribution in [0.15, 0.2) is 18.2 Å². The summed E-state index contributed by atoms with van der Waals surface area (Å²) in [6, 6.07) is 6.99. The molecule has 17 heavy (non-hydrogen) atoms. The van der Waals surface area contributed by atoms with Crippen LogP contribution >= 0.6 is 0 Å². The SMILES string of the molecule is CCC(O)c1ccc2c(c1)N(C(C)C)CCC2. The van der Waals surface area contributed by atoms with Crippen molar-refractivity contribution in [3.8, 4) is 0 Å². The Hall–Kier alpha value is -1.02. The van der Waals surface area contributed by atoms with Gasteiger partial charge < -0.3 is 10.0 Å². The molecule has 1 unspecified atom stereocenters. The Morgan fingerprint density at radius 1 is 1.35 bits per heavy atom. The third-order valence-corrected chi connectivity index (χ3v) is 3.66. The lowest BCUT2D eigenvalue weighted by molar-refractivity contribution is 0.173. The van der Waals surface area contributed by atoms with Gasteiger partial charge >= 0.3 is 0 Å². The summed E-state index contributed by atoms with van der Waals surface area (Å²) < 4.78 is 0. The van der Waals surface area contributed by atoms with Gasteiger partial charge in [0.1, 0.15) is 0 Å². The highest BCUT2D eigenvalue weighted by Crippen LogP contribution is 2.31. The van der Waals surface area contributed by atoms with E-state index in [0.29, 0.717) is 6.04 Å². The number of benzene rings is 1. The van der Waals surface area contributed by atoms with Gasteiger partial charge in [0.05, 0.1) is 6.10 Å². The first-order valence-corrected chi connectivity index (χ1v) is 6.71. The highest BCUT2D eigenvalue weighted by Gasteiger charge is 2.20. The fourth-order valence-electron chi connectivity index (χ4n) is 2.60. The van der Waals surface area contributed by atoms with E-state index in [9.17, 15) is 5.11 Å². The Morgan fingerprint density at radius 3 is 2.76 bits per heavy atom. The summed E-state index contributed by atoms with van der Waals surface area (Å²) in [6.45, 7) is 7.62. The molecule has 0 fully saturated rings. The molecule has 0 bridgehead atoms. The second kappa shape index (κ2) is 5.09. The van der Waals surface area contributed by atoms with Crippen molar-refractivity contribution in [2.45, 2.75) is 52.2 Å². The number of nitrogens with zero attached hydrogens (tertiary/aromatic N) is 1. The van der Waals surface area contributed by atoms with Crippen LogP contribution in [0.25, 0.3) is 0 Å². The van der Waals surface area contributed by atoms with E-state index in [4.69, 9.17) is 0 Å². The number of fused-ring (bicyclic) bond motifs is 1. The van der Waals surface area contributed by atoms with E-state index < -0.39 is 0 Å². The molecule has 2 nitrogen and oxygen atoms in total. The molecule has 0 amide bonds. The van der Waals surface area contributed by atoms with Crippen LogP contribution in [0.4, 0.5) is 5.69 Å². The molecule has 0 saturated heterocycles. The molecule has 1 aliphatic heterocycles. The lowest BCUT2D eigenvalue weighted by Crippen LogP contribution is -2.35. The zero-order valence-electron chi connectivity index (χ0n) is 11.1. The summed E-state index contributed by atoms with van der Waals surface area (Å²) in [5, 5.41) is 9.94. The molecule has 2 rings (SSSR count). The molecule has 1 aromatic rings. The van der Waals surface area contributed by atoms with Crippen molar-refractivity contribution < 1.29 is 5.11 Å². The number of aliphatic hydroxyl groups excluding tert-OH is 1. The van der Waals surface area contributed by atoms with E-state index in [1.54, 1.807) is 0 Å². The molecule has 1 N–H and O–H groups in total.